The van der Waals surface area contributed by atoms with Gasteiger partial charge in [-0.1, -0.05) is 6.58 Å². The number of carbonyl (C=O) groups excluding carboxylic acids is 1. The number of hydrogen-bond donors (Lipinski definition) is 2. The lowest BCUT2D eigenvalue weighted by Crippen LogP contribution is -2.34. The van der Waals surface area contributed by atoms with Gasteiger partial charge in [0.15, 0.2) is 0 Å². The average Bonchev–Trinajstić information content (AvgIpc) is 2.05. The SMILES string of the molecule is C=C(C)C(=O)OCC(CO)NC. The van der Waals surface area contributed by atoms with Crippen molar-refractivity contribution in [2.45, 2.75) is 13.0 Å². The summed E-state index contributed by atoms with van der Waals surface area (Å²) in [4.78, 5) is 10.8. The predicted octanol–water partition coefficient (Wildman–Crippen LogP) is -0.314. The molecule has 0 saturated carbocycles. The molecule has 0 fully saturated rings. The number of hydrogen-bond acceptors (Lipinski definition) is 4. The van der Waals surface area contributed by atoms with Gasteiger partial charge in [-0.3, -0.25) is 0 Å². The van der Waals surface area contributed by atoms with Gasteiger partial charge in [0.25, 0.3) is 0 Å². The van der Waals surface area contributed by atoms with Gasteiger partial charge in [-0.15, -0.1) is 0 Å². The lowest BCUT2D eigenvalue weighted by atomic mass is 10.3. The molecule has 1 unspecified atom stereocenters. The van der Waals surface area contributed by atoms with E-state index in [2.05, 4.69) is 11.9 Å². The molecule has 0 radical (unpaired) electrons. The van der Waals surface area contributed by atoms with Gasteiger partial charge < -0.3 is 15.2 Å². The van der Waals surface area contributed by atoms with Gasteiger partial charge in [-0.2, -0.15) is 0 Å². The van der Waals surface area contributed by atoms with E-state index in [9.17, 15) is 4.79 Å². The molecule has 2 N–H and O–H groups in total. The summed E-state index contributed by atoms with van der Waals surface area (Å²) in [7, 11) is 1.69. The van der Waals surface area contributed by atoms with Crippen LogP contribution in [0, 0.1) is 0 Å². The van der Waals surface area contributed by atoms with Gasteiger partial charge in [-0.05, 0) is 14.0 Å². The summed E-state index contributed by atoms with van der Waals surface area (Å²) in [5, 5.41) is 11.5. The molecule has 0 spiro atoms. The van der Waals surface area contributed by atoms with Crippen molar-refractivity contribution in [2.24, 2.45) is 0 Å². The normalized spacial score (nSPS) is 12.2. The summed E-state index contributed by atoms with van der Waals surface area (Å²) in [6.07, 6.45) is 0. The Morgan fingerprint density at radius 3 is 2.67 bits per heavy atom. The molecule has 0 heterocycles. The first-order chi connectivity index (χ1) is 5.61. The van der Waals surface area contributed by atoms with E-state index in [1.807, 2.05) is 0 Å². The van der Waals surface area contributed by atoms with Crippen LogP contribution in [0.3, 0.4) is 0 Å². The molecule has 70 valence electrons. The third-order valence-electron chi connectivity index (χ3n) is 1.39. The molecule has 0 amide bonds. The Bertz CT molecular complexity index is 164. The summed E-state index contributed by atoms with van der Waals surface area (Å²) >= 11 is 0. The van der Waals surface area contributed by atoms with Crippen LogP contribution < -0.4 is 5.32 Å². The molecule has 0 aliphatic heterocycles. The van der Waals surface area contributed by atoms with Crippen molar-refractivity contribution in [1.82, 2.24) is 5.32 Å². The summed E-state index contributed by atoms with van der Waals surface area (Å²) in [5.74, 6) is -0.427. The topological polar surface area (TPSA) is 58.6 Å². The second-order valence-electron chi connectivity index (χ2n) is 2.55. The highest BCUT2D eigenvalue weighted by Gasteiger charge is 2.08. The minimum Gasteiger partial charge on any atom is -0.461 e. The van der Waals surface area contributed by atoms with Crippen molar-refractivity contribution in [3.63, 3.8) is 0 Å². The number of rotatable bonds is 5. The third-order valence-corrected chi connectivity index (χ3v) is 1.39. The van der Waals surface area contributed by atoms with Gasteiger partial charge in [0.2, 0.25) is 0 Å². The lowest BCUT2D eigenvalue weighted by Gasteiger charge is -2.12. The number of nitrogens with one attached hydrogen (secondary N) is 1. The molecule has 0 saturated heterocycles. The van der Waals surface area contributed by atoms with Crippen LogP contribution >= 0.6 is 0 Å². The number of aliphatic hydroxyl groups is 1. The maximum absolute atomic E-state index is 10.8. The second-order valence-corrected chi connectivity index (χ2v) is 2.55. The van der Waals surface area contributed by atoms with Crippen LogP contribution in [0.5, 0.6) is 0 Å². The monoisotopic (exact) mass is 173 g/mol. The molecule has 4 nitrogen and oxygen atoms in total. The Morgan fingerprint density at radius 1 is 1.75 bits per heavy atom. The Kier molecular flexibility index (Phi) is 5.32. The fourth-order valence-electron chi connectivity index (χ4n) is 0.527. The minimum atomic E-state index is -0.427. The molecule has 0 bridgehead atoms. The van der Waals surface area contributed by atoms with Gasteiger partial charge in [0.1, 0.15) is 6.61 Å². The maximum atomic E-state index is 10.8. The largest absolute Gasteiger partial charge is 0.461 e. The minimum absolute atomic E-state index is 0.0556. The molecule has 0 aliphatic carbocycles. The first-order valence-corrected chi connectivity index (χ1v) is 3.72. The van der Waals surface area contributed by atoms with Crippen LogP contribution in [0.4, 0.5) is 0 Å². The molecular formula is C8H15NO3. The highest BCUT2D eigenvalue weighted by atomic mass is 16.5. The second kappa shape index (κ2) is 5.74. The number of esters is 1. The number of carbonyl (C=O) groups is 1. The Morgan fingerprint density at radius 2 is 2.33 bits per heavy atom. The smallest absolute Gasteiger partial charge is 0.333 e. The zero-order valence-electron chi connectivity index (χ0n) is 7.46. The van der Waals surface area contributed by atoms with E-state index in [-0.39, 0.29) is 19.3 Å². The molecule has 0 aromatic carbocycles. The summed E-state index contributed by atoms with van der Waals surface area (Å²) in [6.45, 7) is 5.12. The van der Waals surface area contributed by atoms with Crippen LogP contribution in [-0.2, 0) is 9.53 Å². The van der Waals surface area contributed by atoms with Crippen molar-refractivity contribution in [3.05, 3.63) is 12.2 Å². The van der Waals surface area contributed by atoms with Crippen LogP contribution in [-0.4, -0.2) is 37.4 Å². The summed E-state index contributed by atoms with van der Waals surface area (Å²) in [5.41, 5.74) is 0.364. The van der Waals surface area contributed by atoms with Gasteiger partial charge in [0, 0.05) is 5.57 Å². The van der Waals surface area contributed by atoms with Crippen LogP contribution in [0.1, 0.15) is 6.92 Å². The number of ether oxygens (including phenoxy) is 1. The Hall–Kier alpha value is -0.870. The van der Waals surface area contributed by atoms with E-state index in [0.29, 0.717) is 5.57 Å². The summed E-state index contributed by atoms with van der Waals surface area (Å²) < 4.78 is 4.79. The standard InChI is InChI=1S/C8H15NO3/c1-6(2)8(11)12-5-7(4-10)9-3/h7,9-10H,1,4-5H2,2-3H3. The molecule has 0 aliphatic rings. The predicted molar refractivity (Wildman–Crippen MR) is 45.7 cm³/mol. The Balaban J connectivity index is 3.66. The van der Waals surface area contributed by atoms with Crippen molar-refractivity contribution >= 4 is 5.97 Å². The van der Waals surface area contributed by atoms with Crippen LogP contribution in [0.15, 0.2) is 12.2 Å². The number of likely N-dealkylation sites (N-methyl/N-ethyl adjacent to an activating group) is 1. The molecule has 1 atom stereocenters. The van der Waals surface area contributed by atoms with Crippen molar-refractivity contribution in [2.75, 3.05) is 20.3 Å². The maximum Gasteiger partial charge on any atom is 0.333 e. The lowest BCUT2D eigenvalue weighted by molar-refractivity contribution is -0.139. The molecule has 4 heteroatoms. The van der Waals surface area contributed by atoms with Crippen molar-refractivity contribution < 1.29 is 14.6 Å². The first-order valence-electron chi connectivity index (χ1n) is 3.72. The molecule has 0 aromatic rings. The Labute approximate surface area is 72.2 Å². The summed E-state index contributed by atoms with van der Waals surface area (Å²) in [6, 6.07) is -0.201. The van der Waals surface area contributed by atoms with E-state index in [4.69, 9.17) is 9.84 Å². The molecule has 0 aromatic heterocycles. The number of aliphatic hydroxyl groups excluding tert-OH is 1. The van der Waals surface area contributed by atoms with Gasteiger partial charge >= 0.3 is 5.97 Å². The zero-order chi connectivity index (χ0) is 9.56. The van der Waals surface area contributed by atoms with E-state index < -0.39 is 5.97 Å². The third kappa shape index (κ3) is 4.10. The highest BCUT2D eigenvalue weighted by Crippen LogP contribution is 1.93. The van der Waals surface area contributed by atoms with Crippen LogP contribution in [0.25, 0.3) is 0 Å². The van der Waals surface area contributed by atoms with Gasteiger partial charge in [-0.25, -0.2) is 4.79 Å². The first kappa shape index (κ1) is 11.1. The van der Waals surface area contributed by atoms with Gasteiger partial charge in [0.05, 0.1) is 12.6 Å². The van der Waals surface area contributed by atoms with E-state index in [1.54, 1.807) is 14.0 Å². The average molecular weight is 173 g/mol. The van der Waals surface area contributed by atoms with Crippen LogP contribution in [0.2, 0.25) is 0 Å². The van der Waals surface area contributed by atoms with E-state index in [1.165, 1.54) is 0 Å². The highest BCUT2D eigenvalue weighted by molar-refractivity contribution is 5.86. The molecular weight excluding hydrogens is 158 g/mol. The fourth-order valence-corrected chi connectivity index (χ4v) is 0.527. The molecule has 0 rings (SSSR count). The zero-order valence-corrected chi connectivity index (χ0v) is 7.46. The fraction of sp³-hybridized carbons (Fsp3) is 0.625. The van der Waals surface area contributed by atoms with E-state index >= 15 is 0 Å². The van der Waals surface area contributed by atoms with E-state index in [0.717, 1.165) is 0 Å². The van der Waals surface area contributed by atoms with Crippen molar-refractivity contribution in [1.29, 1.82) is 0 Å². The quantitative estimate of drug-likeness (QED) is 0.442. The molecule has 12 heavy (non-hydrogen) atoms. The van der Waals surface area contributed by atoms with Crippen molar-refractivity contribution in [3.8, 4) is 0 Å².